The van der Waals surface area contributed by atoms with Gasteiger partial charge in [0.25, 0.3) is 0 Å². The number of rotatable bonds is 4. The minimum Gasteiger partial charge on any atom is -0.465 e. The van der Waals surface area contributed by atoms with Crippen LogP contribution in [0.4, 0.5) is 4.79 Å². The summed E-state index contributed by atoms with van der Waals surface area (Å²) >= 11 is 0. The minimum atomic E-state index is -0.832. The molecule has 0 bridgehead atoms. The van der Waals surface area contributed by atoms with Crippen LogP contribution < -0.4 is 0 Å². The van der Waals surface area contributed by atoms with E-state index in [1.807, 2.05) is 0 Å². The summed E-state index contributed by atoms with van der Waals surface area (Å²) in [6.07, 6.45) is 1.88. The molecule has 132 valence electrons. The lowest BCUT2D eigenvalue weighted by molar-refractivity contribution is -0.204. The van der Waals surface area contributed by atoms with Gasteiger partial charge in [-0.25, -0.2) is 9.59 Å². The summed E-state index contributed by atoms with van der Waals surface area (Å²) in [5.41, 5.74) is 0.201. The molecule has 2 unspecified atom stereocenters. The molecule has 1 N–H and O–H groups in total. The molecule has 6 nitrogen and oxygen atoms in total. The summed E-state index contributed by atoms with van der Waals surface area (Å²) < 4.78 is 10.8. The molecule has 1 saturated heterocycles. The number of esters is 1. The Morgan fingerprint density at radius 1 is 1.26 bits per heavy atom. The maximum atomic E-state index is 11.5. The third kappa shape index (κ3) is 3.79. The Labute approximate surface area is 138 Å². The zero-order chi connectivity index (χ0) is 17.3. The average molecular weight is 327 g/mol. The fourth-order valence-corrected chi connectivity index (χ4v) is 4.55. The average Bonchev–Trinajstić information content (AvgIpc) is 2.42. The Bertz CT molecular complexity index is 448. The molecule has 1 spiro atoms. The Balaban J connectivity index is 1.98. The van der Waals surface area contributed by atoms with Crippen LogP contribution in [0, 0.1) is 16.7 Å². The number of hydrogen-bond donors (Lipinski definition) is 1. The van der Waals surface area contributed by atoms with Crippen LogP contribution >= 0.6 is 0 Å². The molecule has 23 heavy (non-hydrogen) atoms. The lowest BCUT2D eigenvalue weighted by Gasteiger charge is -2.62. The Morgan fingerprint density at radius 2 is 1.87 bits per heavy atom. The highest BCUT2D eigenvalue weighted by molar-refractivity contribution is 5.70. The monoisotopic (exact) mass is 327 g/mol. The van der Waals surface area contributed by atoms with Crippen molar-refractivity contribution in [3.05, 3.63) is 0 Å². The summed E-state index contributed by atoms with van der Waals surface area (Å²) in [6.45, 7) is 9.92. The fourth-order valence-electron chi connectivity index (χ4n) is 4.55. The van der Waals surface area contributed by atoms with E-state index in [4.69, 9.17) is 14.6 Å². The van der Waals surface area contributed by atoms with E-state index in [9.17, 15) is 9.59 Å². The van der Waals surface area contributed by atoms with Crippen molar-refractivity contribution in [2.75, 3.05) is 26.3 Å². The largest absolute Gasteiger partial charge is 0.465 e. The number of carbonyl (C=O) groups is 2. The SMILES string of the molecule is CCOC(=O)COC1CC2(CCN(C(=O)O)CC2)C1C(C)(C)C. The molecule has 6 heteroatoms. The van der Waals surface area contributed by atoms with E-state index in [-0.39, 0.29) is 29.5 Å². The predicted octanol–water partition coefficient (Wildman–Crippen LogP) is 2.76. The molecule has 1 amide bonds. The quantitative estimate of drug-likeness (QED) is 0.804. The number of likely N-dealkylation sites (tertiary alicyclic amines) is 1. The number of amides is 1. The van der Waals surface area contributed by atoms with Gasteiger partial charge in [0.15, 0.2) is 0 Å². The molecule has 0 aromatic carbocycles. The summed E-state index contributed by atoms with van der Waals surface area (Å²) in [7, 11) is 0. The Morgan fingerprint density at radius 3 is 2.35 bits per heavy atom. The van der Waals surface area contributed by atoms with Gasteiger partial charge in [-0.2, -0.15) is 0 Å². The maximum Gasteiger partial charge on any atom is 0.407 e. The molecule has 1 heterocycles. The van der Waals surface area contributed by atoms with Gasteiger partial charge in [0.2, 0.25) is 0 Å². The second-order valence-corrected chi connectivity index (χ2v) is 7.83. The van der Waals surface area contributed by atoms with E-state index in [1.54, 1.807) is 6.92 Å². The zero-order valence-electron chi connectivity index (χ0n) is 14.6. The number of carboxylic acid groups (broad SMARTS) is 1. The van der Waals surface area contributed by atoms with Crippen LogP contribution in [-0.4, -0.2) is 54.5 Å². The van der Waals surface area contributed by atoms with Gasteiger partial charge in [-0.1, -0.05) is 20.8 Å². The first-order chi connectivity index (χ1) is 10.7. The van der Waals surface area contributed by atoms with Gasteiger partial charge < -0.3 is 19.5 Å². The van der Waals surface area contributed by atoms with Gasteiger partial charge in [0, 0.05) is 13.1 Å². The van der Waals surface area contributed by atoms with E-state index in [0.29, 0.717) is 25.6 Å². The van der Waals surface area contributed by atoms with Gasteiger partial charge >= 0.3 is 12.1 Å². The van der Waals surface area contributed by atoms with Crippen LogP contribution in [0.1, 0.15) is 47.0 Å². The second kappa shape index (κ2) is 6.67. The molecule has 2 atom stereocenters. The van der Waals surface area contributed by atoms with Crippen molar-refractivity contribution in [2.24, 2.45) is 16.7 Å². The van der Waals surface area contributed by atoms with Crippen molar-refractivity contribution in [2.45, 2.75) is 53.1 Å². The number of carbonyl (C=O) groups excluding carboxylic acids is 1. The molecule has 1 aliphatic heterocycles. The van der Waals surface area contributed by atoms with Crippen LogP contribution in [0.3, 0.4) is 0 Å². The maximum absolute atomic E-state index is 11.5. The van der Waals surface area contributed by atoms with E-state index in [1.165, 1.54) is 4.90 Å². The number of ether oxygens (including phenoxy) is 2. The molecular formula is C17H29NO5. The Kier molecular flexibility index (Phi) is 5.23. The number of hydrogen-bond acceptors (Lipinski definition) is 4. The molecule has 0 radical (unpaired) electrons. The summed E-state index contributed by atoms with van der Waals surface area (Å²) in [5, 5.41) is 9.12. The highest BCUT2D eigenvalue weighted by Crippen LogP contribution is 2.61. The topological polar surface area (TPSA) is 76.1 Å². The van der Waals surface area contributed by atoms with Gasteiger partial charge in [-0.05, 0) is 42.9 Å². The molecule has 0 aromatic rings. The summed E-state index contributed by atoms with van der Waals surface area (Å²) in [5.74, 6) is 0.0159. The minimum absolute atomic E-state index is 0.00240. The summed E-state index contributed by atoms with van der Waals surface area (Å²) in [6, 6.07) is 0. The van der Waals surface area contributed by atoms with Crippen molar-refractivity contribution in [3.8, 4) is 0 Å². The van der Waals surface area contributed by atoms with Crippen LogP contribution in [0.25, 0.3) is 0 Å². The predicted molar refractivity (Wildman–Crippen MR) is 85.2 cm³/mol. The van der Waals surface area contributed by atoms with Crippen LogP contribution in [-0.2, 0) is 14.3 Å². The van der Waals surface area contributed by atoms with Gasteiger partial charge in [0.05, 0.1) is 12.7 Å². The molecular weight excluding hydrogens is 298 g/mol. The first-order valence-corrected chi connectivity index (χ1v) is 8.45. The van der Waals surface area contributed by atoms with Crippen molar-refractivity contribution in [1.82, 2.24) is 4.90 Å². The normalized spacial score (nSPS) is 26.7. The second-order valence-electron chi connectivity index (χ2n) is 7.83. The van der Waals surface area contributed by atoms with Crippen LogP contribution in [0.2, 0.25) is 0 Å². The summed E-state index contributed by atoms with van der Waals surface area (Å²) in [4.78, 5) is 24.1. The smallest absolute Gasteiger partial charge is 0.407 e. The van der Waals surface area contributed by atoms with Crippen LogP contribution in [0.15, 0.2) is 0 Å². The molecule has 2 fully saturated rings. The fraction of sp³-hybridized carbons (Fsp3) is 0.882. The first kappa shape index (κ1) is 18.0. The highest BCUT2D eigenvalue weighted by atomic mass is 16.6. The molecule has 1 saturated carbocycles. The van der Waals surface area contributed by atoms with Gasteiger partial charge in [-0.3, -0.25) is 0 Å². The molecule has 0 aromatic heterocycles. The standard InChI is InChI=1S/C17H29NO5/c1-5-22-13(19)11-23-12-10-17(14(12)16(2,3)4)6-8-18(9-7-17)15(20)21/h12,14H,5-11H2,1-4H3,(H,20,21). The number of piperidine rings is 1. The third-order valence-corrected chi connectivity index (χ3v) is 5.32. The van der Waals surface area contributed by atoms with Crippen molar-refractivity contribution >= 4 is 12.1 Å². The molecule has 2 aliphatic rings. The van der Waals surface area contributed by atoms with Crippen LogP contribution in [0.5, 0.6) is 0 Å². The van der Waals surface area contributed by atoms with E-state index in [2.05, 4.69) is 20.8 Å². The van der Waals surface area contributed by atoms with E-state index < -0.39 is 6.09 Å². The van der Waals surface area contributed by atoms with E-state index >= 15 is 0 Å². The lowest BCUT2D eigenvalue weighted by Crippen LogP contribution is -2.62. The van der Waals surface area contributed by atoms with E-state index in [0.717, 1.165) is 19.3 Å². The lowest BCUT2D eigenvalue weighted by atomic mass is 9.47. The molecule has 2 rings (SSSR count). The number of nitrogens with zero attached hydrogens (tertiary/aromatic N) is 1. The zero-order valence-corrected chi connectivity index (χ0v) is 14.6. The van der Waals surface area contributed by atoms with Gasteiger partial charge in [-0.15, -0.1) is 0 Å². The van der Waals surface area contributed by atoms with Crippen molar-refractivity contribution < 1.29 is 24.2 Å². The van der Waals surface area contributed by atoms with Crippen molar-refractivity contribution in [3.63, 3.8) is 0 Å². The Hall–Kier alpha value is -1.30. The van der Waals surface area contributed by atoms with Crippen molar-refractivity contribution in [1.29, 1.82) is 0 Å². The first-order valence-electron chi connectivity index (χ1n) is 8.45. The third-order valence-electron chi connectivity index (χ3n) is 5.32. The highest BCUT2D eigenvalue weighted by Gasteiger charge is 2.59. The molecule has 1 aliphatic carbocycles. The van der Waals surface area contributed by atoms with Gasteiger partial charge in [0.1, 0.15) is 6.61 Å².